The third-order valence-corrected chi connectivity index (χ3v) is 5.34. The number of aliphatic hydroxyl groups is 1. The van der Waals surface area contributed by atoms with Gasteiger partial charge in [0.05, 0.1) is 6.54 Å². The number of hydrogen-bond donors (Lipinski definition) is 2. The van der Waals surface area contributed by atoms with E-state index in [1.54, 1.807) is 20.8 Å². The highest BCUT2D eigenvalue weighted by molar-refractivity contribution is 5.94. The number of aliphatic hydroxyl groups excluding tert-OH is 1. The number of halogens is 4. The van der Waals surface area contributed by atoms with Crippen molar-refractivity contribution in [1.82, 2.24) is 14.8 Å². The lowest BCUT2D eigenvalue weighted by Crippen LogP contribution is -2.44. The van der Waals surface area contributed by atoms with Gasteiger partial charge in [0.1, 0.15) is 23.7 Å². The van der Waals surface area contributed by atoms with Crippen LogP contribution in [0.2, 0.25) is 0 Å². The molecule has 1 aliphatic rings. The Hall–Kier alpha value is -3.41. The molecule has 0 spiro atoms. The van der Waals surface area contributed by atoms with Crippen molar-refractivity contribution in [1.29, 1.82) is 0 Å². The molecule has 2 heterocycles. The Morgan fingerprint density at radius 2 is 1.86 bits per heavy atom. The molecule has 3 rings (SSSR count). The maximum absolute atomic E-state index is 13.6. The molecule has 35 heavy (non-hydrogen) atoms. The topological polar surface area (TPSA) is 103 Å². The molecule has 1 aromatic carbocycles. The number of benzene rings is 1. The van der Waals surface area contributed by atoms with Crippen LogP contribution in [0.15, 0.2) is 36.4 Å². The van der Waals surface area contributed by atoms with Crippen molar-refractivity contribution in [2.45, 2.75) is 51.3 Å². The maximum Gasteiger partial charge on any atom is 0.433 e. The third-order valence-electron chi connectivity index (χ3n) is 5.34. The highest BCUT2D eigenvalue weighted by atomic mass is 19.4. The van der Waals surface area contributed by atoms with Gasteiger partial charge in [-0.25, -0.2) is 14.2 Å². The molecule has 0 unspecified atom stereocenters. The average molecular weight is 499 g/mol. The van der Waals surface area contributed by atoms with Gasteiger partial charge in [0.2, 0.25) is 5.88 Å². The number of carbonyl (C=O) groups excluding carboxylic acids is 1. The molecule has 1 aromatic heterocycles. The fourth-order valence-electron chi connectivity index (χ4n) is 3.53. The Bertz CT molecular complexity index is 1090. The minimum atomic E-state index is -4.82. The predicted molar refractivity (Wildman–Crippen MR) is 116 cm³/mol. The molecule has 1 fully saturated rings. The number of carboxylic acid groups (broad SMARTS) is 1. The van der Waals surface area contributed by atoms with Crippen LogP contribution in [-0.2, 0) is 12.7 Å². The van der Waals surface area contributed by atoms with Crippen LogP contribution in [0.3, 0.4) is 0 Å². The minimum absolute atomic E-state index is 0.00363. The van der Waals surface area contributed by atoms with Crippen LogP contribution in [0.4, 0.5) is 22.4 Å². The van der Waals surface area contributed by atoms with E-state index in [2.05, 4.69) is 4.98 Å². The molecule has 0 aliphatic carbocycles. The quantitative estimate of drug-likeness (QED) is 0.594. The molecule has 0 saturated carbocycles. The van der Waals surface area contributed by atoms with Crippen LogP contribution in [0, 0.1) is 0 Å². The summed E-state index contributed by atoms with van der Waals surface area (Å²) in [5.74, 6) is -1.02. The Morgan fingerprint density at radius 3 is 2.40 bits per heavy atom. The van der Waals surface area contributed by atoms with E-state index in [4.69, 9.17) is 4.74 Å². The lowest BCUT2D eigenvalue weighted by Gasteiger charge is -2.33. The van der Waals surface area contributed by atoms with Gasteiger partial charge in [0.15, 0.2) is 0 Å². The van der Waals surface area contributed by atoms with Gasteiger partial charge in [-0.05, 0) is 50.6 Å². The van der Waals surface area contributed by atoms with Gasteiger partial charge in [-0.1, -0.05) is 6.07 Å². The predicted octanol–water partition coefficient (Wildman–Crippen LogP) is 4.33. The molecule has 190 valence electrons. The monoisotopic (exact) mass is 499 g/mol. The zero-order valence-corrected chi connectivity index (χ0v) is 19.2. The second-order valence-electron chi connectivity index (χ2n) is 9.16. The number of pyridine rings is 1. The zero-order chi connectivity index (χ0) is 26.1. The van der Waals surface area contributed by atoms with Gasteiger partial charge in [0, 0.05) is 30.3 Å². The summed E-state index contributed by atoms with van der Waals surface area (Å²) < 4.78 is 59.5. The normalized spacial score (nSPS) is 18.5. The van der Waals surface area contributed by atoms with Crippen molar-refractivity contribution < 1.29 is 42.1 Å². The standard InChI is InChI=1S/C23H25F4N3O5/c1-22(2,3)30(21(33)34)10-13-7-18(23(25,26)27)28-19(8-13)35-15-6-4-5-14(9-15)20(32)29-11-16(24)17(31)12-29/h4-9,16-17,31H,10-12H2,1-3H3,(H,33,34)/t16-,17-/m1/s1. The first-order chi connectivity index (χ1) is 16.1. The number of alkyl halides is 4. The number of hydrogen-bond acceptors (Lipinski definition) is 5. The first-order valence-electron chi connectivity index (χ1n) is 10.6. The summed E-state index contributed by atoms with van der Waals surface area (Å²) in [7, 11) is 0. The molecule has 1 saturated heterocycles. The second kappa shape index (κ2) is 9.68. The van der Waals surface area contributed by atoms with Crippen LogP contribution in [0.1, 0.15) is 42.4 Å². The van der Waals surface area contributed by atoms with E-state index in [9.17, 15) is 37.4 Å². The SMILES string of the molecule is CC(C)(C)N(Cc1cc(Oc2cccc(C(=O)N3C[C@@H](O)[C@H](F)C3)c2)nc(C(F)(F)F)c1)C(=O)O. The number of nitrogens with zero attached hydrogens (tertiary/aromatic N) is 3. The van der Waals surface area contributed by atoms with Crippen molar-refractivity contribution in [2.24, 2.45) is 0 Å². The van der Waals surface area contributed by atoms with Crippen molar-refractivity contribution in [2.75, 3.05) is 13.1 Å². The number of carbonyl (C=O) groups is 2. The number of β-amino-alcohol motifs (C(OH)–C–C–N with tert-alkyl or cyclic N) is 1. The molecule has 0 radical (unpaired) electrons. The van der Waals surface area contributed by atoms with Crippen molar-refractivity contribution in [3.8, 4) is 11.6 Å². The highest BCUT2D eigenvalue weighted by Crippen LogP contribution is 2.32. The highest BCUT2D eigenvalue weighted by Gasteiger charge is 2.36. The van der Waals surface area contributed by atoms with Crippen LogP contribution in [-0.4, -0.2) is 67.9 Å². The molecule has 12 heteroatoms. The summed E-state index contributed by atoms with van der Waals surface area (Å²) in [6, 6.07) is 7.46. The van der Waals surface area contributed by atoms with E-state index in [0.717, 1.165) is 15.9 Å². The van der Waals surface area contributed by atoms with Crippen molar-refractivity contribution >= 4 is 12.0 Å². The molecule has 8 nitrogen and oxygen atoms in total. The van der Waals surface area contributed by atoms with Crippen LogP contribution < -0.4 is 4.74 Å². The van der Waals surface area contributed by atoms with Crippen molar-refractivity contribution in [3.63, 3.8) is 0 Å². The van der Waals surface area contributed by atoms with Gasteiger partial charge in [0.25, 0.3) is 5.91 Å². The van der Waals surface area contributed by atoms with E-state index < -0.39 is 47.6 Å². The van der Waals surface area contributed by atoms with E-state index in [-0.39, 0.29) is 36.5 Å². The molecule has 0 bridgehead atoms. The molecule has 2 atom stereocenters. The van der Waals surface area contributed by atoms with Crippen LogP contribution >= 0.6 is 0 Å². The van der Waals surface area contributed by atoms with E-state index in [0.29, 0.717) is 0 Å². The summed E-state index contributed by atoms with van der Waals surface area (Å²) >= 11 is 0. The molecular formula is C23H25F4N3O5. The summed E-state index contributed by atoms with van der Waals surface area (Å²) in [6.07, 6.45) is -8.98. The Balaban J connectivity index is 1.90. The van der Waals surface area contributed by atoms with Crippen LogP contribution in [0.5, 0.6) is 11.6 Å². The summed E-state index contributed by atoms with van der Waals surface area (Å²) in [6.45, 7) is 4.02. The largest absolute Gasteiger partial charge is 0.465 e. The Labute approximate surface area is 198 Å². The van der Waals surface area contributed by atoms with Crippen molar-refractivity contribution in [3.05, 3.63) is 53.2 Å². The molecule has 2 aromatic rings. The van der Waals surface area contributed by atoms with Gasteiger partial charge in [-0.15, -0.1) is 0 Å². The maximum atomic E-state index is 13.6. The molecule has 1 aliphatic heterocycles. The molecule has 2 amide bonds. The van der Waals surface area contributed by atoms with Gasteiger partial charge >= 0.3 is 12.3 Å². The van der Waals surface area contributed by atoms with Gasteiger partial charge in [-0.2, -0.15) is 13.2 Å². The number of ether oxygens (including phenoxy) is 1. The molecular weight excluding hydrogens is 474 g/mol. The third kappa shape index (κ3) is 6.38. The summed E-state index contributed by atoms with van der Waals surface area (Å²) in [5, 5.41) is 19.0. The first-order valence-corrected chi connectivity index (χ1v) is 10.6. The number of rotatable bonds is 5. The Morgan fingerprint density at radius 1 is 1.17 bits per heavy atom. The Kier molecular flexibility index (Phi) is 7.25. The van der Waals surface area contributed by atoms with Gasteiger partial charge in [-0.3, -0.25) is 9.69 Å². The van der Waals surface area contributed by atoms with E-state index in [1.165, 1.54) is 30.3 Å². The van der Waals surface area contributed by atoms with E-state index in [1.807, 2.05) is 0 Å². The van der Waals surface area contributed by atoms with E-state index >= 15 is 0 Å². The lowest BCUT2D eigenvalue weighted by molar-refractivity contribution is -0.141. The fourth-order valence-corrected chi connectivity index (χ4v) is 3.53. The average Bonchev–Trinajstić information content (AvgIpc) is 3.08. The second-order valence-corrected chi connectivity index (χ2v) is 9.16. The number of aromatic nitrogens is 1. The zero-order valence-electron chi connectivity index (χ0n) is 19.2. The fraction of sp³-hybridized carbons (Fsp3) is 0.435. The van der Waals surface area contributed by atoms with Crippen LogP contribution in [0.25, 0.3) is 0 Å². The smallest absolute Gasteiger partial charge is 0.433 e. The summed E-state index contributed by atoms with van der Waals surface area (Å²) in [4.78, 5) is 29.9. The number of amides is 2. The molecule has 2 N–H and O–H groups in total. The first kappa shape index (κ1) is 26.2. The lowest BCUT2D eigenvalue weighted by atomic mass is 10.1. The number of likely N-dealkylation sites (tertiary alicyclic amines) is 1. The van der Waals surface area contributed by atoms with Gasteiger partial charge < -0.3 is 19.8 Å². The summed E-state index contributed by atoms with van der Waals surface area (Å²) in [5.41, 5.74) is -2.06. The minimum Gasteiger partial charge on any atom is -0.465 e.